The molecule has 2 amide bonds. The highest BCUT2D eigenvalue weighted by Gasteiger charge is 2.20. The summed E-state index contributed by atoms with van der Waals surface area (Å²) in [5.41, 5.74) is 3.04. The van der Waals surface area contributed by atoms with Crippen LogP contribution in [0.3, 0.4) is 0 Å². The highest BCUT2D eigenvalue weighted by molar-refractivity contribution is 7.17. The van der Waals surface area contributed by atoms with Crippen molar-refractivity contribution in [1.29, 1.82) is 0 Å². The standard InChI is InChI=1S/C24H18N4O2S2/c29-23(19-10-25-12-21-18(19)7-8-31-21)28-20(11-27-24(30)22-13-26-14-32-22)17-6-5-15-3-1-2-4-16(15)9-17/h1-10,12-14,20H,11H2,(H,27,30)(H,28,29). The van der Waals surface area contributed by atoms with Crippen molar-refractivity contribution in [2.24, 2.45) is 0 Å². The van der Waals surface area contributed by atoms with E-state index in [0.29, 0.717) is 10.4 Å². The molecule has 8 heteroatoms. The van der Waals surface area contributed by atoms with Crippen molar-refractivity contribution in [1.82, 2.24) is 20.6 Å². The molecule has 3 heterocycles. The third-order valence-electron chi connectivity index (χ3n) is 5.23. The maximum Gasteiger partial charge on any atom is 0.263 e. The van der Waals surface area contributed by atoms with Crippen molar-refractivity contribution < 1.29 is 9.59 Å². The van der Waals surface area contributed by atoms with Crippen LogP contribution >= 0.6 is 22.7 Å². The van der Waals surface area contributed by atoms with E-state index in [1.54, 1.807) is 29.2 Å². The zero-order chi connectivity index (χ0) is 21.9. The van der Waals surface area contributed by atoms with Gasteiger partial charge in [-0.25, -0.2) is 0 Å². The third kappa shape index (κ3) is 4.10. The van der Waals surface area contributed by atoms with Gasteiger partial charge in [-0.3, -0.25) is 19.6 Å². The van der Waals surface area contributed by atoms with Gasteiger partial charge in [-0.2, -0.15) is 0 Å². The number of carbonyl (C=O) groups is 2. The zero-order valence-electron chi connectivity index (χ0n) is 16.8. The summed E-state index contributed by atoms with van der Waals surface area (Å²) >= 11 is 2.82. The van der Waals surface area contributed by atoms with Gasteiger partial charge in [-0.1, -0.05) is 36.4 Å². The molecule has 6 nitrogen and oxygen atoms in total. The molecule has 1 atom stereocenters. The Hall–Kier alpha value is -3.62. The fourth-order valence-corrected chi connectivity index (χ4v) is 4.91. The Morgan fingerprint density at radius 1 is 0.906 bits per heavy atom. The molecular formula is C24H18N4O2S2. The number of pyridine rings is 1. The van der Waals surface area contributed by atoms with Gasteiger partial charge in [0, 0.05) is 24.3 Å². The minimum absolute atomic E-state index is 0.214. The Bertz CT molecular complexity index is 1410. The number of carbonyl (C=O) groups excluding carboxylic acids is 2. The second-order valence-electron chi connectivity index (χ2n) is 7.23. The Kier molecular flexibility index (Phi) is 5.62. The number of fused-ring (bicyclic) bond motifs is 2. The van der Waals surface area contributed by atoms with Crippen LogP contribution in [0.25, 0.3) is 20.9 Å². The second-order valence-corrected chi connectivity index (χ2v) is 9.06. The smallest absolute Gasteiger partial charge is 0.263 e. The topological polar surface area (TPSA) is 84.0 Å². The van der Waals surface area contributed by atoms with Crippen molar-refractivity contribution in [3.05, 3.63) is 94.0 Å². The molecule has 32 heavy (non-hydrogen) atoms. The lowest BCUT2D eigenvalue weighted by molar-refractivity contribution is 0.0911. The van der Waals surface area contributed by atoms with Gasteiger partial charge >= 0.3 is 0 Å². The van der Waals surface area contributed by atoms with Gasteiger partial charge in [0.15, 0.2) is 0 Å². The van der Waals surface area contributed by atoms with E-state index in [0.717, 1.165) is 26.4 Å². The number of benzene rings is 2. The molecule has 0 aliphatic heterocycles. The van der Waals surface area contributed by atoms with Crippen molar-refractivity contribution >= 4 is 55.3 Å². The average Bonchev–Trinajstić information content (AvgIpc) is 3.53. The van der Waals surface area contributed by atoms with Gasteiger partial charge in [0.05, 0.1) is 28.0 Å². The molecule has 0 fully saturated rings. The molecule has 2 aromatic carbocycles. The lowest BCUT2D eigenvalue weighted by Gasteiger charge is -2.20. The molecule has 0 saturated heterocycles. The molecule has 0 spiro atoms. The Labute approximate surface area is 192 Å². The number of nitrogens with one attached hydrogen (secondary N) is 2. The number of hydrogen-bond acceptors (Lipinski definition) is 6. The molecule has 0 bridgehead atoms. The molecule has 5 rings (SSSR count). The molecule has 158 valence electrons. The van der Waals surface area contributed by atoms with Crippen molar-refractivity contribution in [2.45, 2.75) is 6.04 Å². The van der Waals surface area contributed by atoms with Crippen LogP contribution < -0.4 is 10.6 Å². The normalized spacial score (nSPS) is 12.0. The summed E-state index contributed by atoms with van der Waals surface area (Å²) in [6.45, 7) is 0.244. The van der Waals surface area contributed by atoms with Gasteiger partial charge in [0.2, 0.25) is 0 Å². The average molecular weight is 459 g/mol. The predicted octanol–water partition coefficient (Wildman–Crippen LogP) is 4.81. The minimum Gasteiger partial charge on any atom is -0.349 e. The number of rotatable bonds is 6. The van der Waals surface area contributed by atoms with Crippen molar-refractivity contribution in [3.8, 4) is 0 Å². The highest BCUT2D eigenvalue weighted by atomic mass is 32.1. The van der Waals surface area contributed by atoms with Crippen molar-refractivity contribution in [2.75, 3.05) is 6.54 Å². The number of thiazole rings is 1. The second kappa shape index (κ2) is 8.86. The van der Waals surface area contributed by atoms with Crippen LogP contribution in [0.4, 0.5) is 0 Å². The number of amides is 2. The molecule has 2 N–H and O–H groups in total. The molecule has 5 aromatic rings. The number of aromatic nitrogens is 2. The monoisotopic (exact) mass is 458 g/mol. The predicted molar refractivity (Wildman–Crippen MR) is 128 cm³/mol. The Morgan fingerprint density at radius 2 is 1.78 bits per heavy atom. The van der Waals surface area contributed by atoms with E-state index in [2.05, 4.69) is 20.6 Å². The lowest BCUT2D eigenvalue weighted by Crippen LogP contribution is -2.37. The molecule has 3 aromatic heterocycles. The summed E-state index contributed by atoms with van der Waals surface area (Å²) < 4.78 is 0.957. The first kappa shape index (κ1) is 20.3. The van der Waals surface area contributed by atoms with Crippen molar-refractivity contribution in [3.63, 3.8) is 0 Å². The summed E-state index contributed by atoms with van der Waals surface area (Å²) in [5.74, 6) is -0.444. The first-order valence-corrected chi connectivity index (χ1v) is 11.7. The van der Waals surface area contributed by atoms with E-state index in [4.69, 9.17) is 0 Å². The summed E-state index contributed by atoms with van der Waals surface area (Å²) in [5, 5.41) is 11.0. The third-order valence-corrected chi connectivity index (χ3v) is 6.85. The molecule has 0 aliphatic rings. The van der Waals surface area contributed by atoms with Crippen LogP contribution in [0.2, 0.25) is 0 Å². The van der Waals surface area contributed by atoms with Crippen LogP contribution in [0.5, 0.6) is 0 Å². The summed E-state index contributed by atoms with van der Waals surface area (Å²) in [6.07, 6.45) is 4.87. The number of thiophene rings is 1. The van der Waals surface area contributed by atoms with E-state index >= 15 is 0 Å². The Morgan fingerprint density at radius 3 is 2.62 bits per heavy atom. The van der Waals surface area contributed by atoms with Gasteiger partial charge in [0.25, 0.3) is 11.8 Å². The van der Waals surface area contributed by atoms with Gasteiger partial charge in [0.1, 0.15) is 4.88 Å². The first-order chi connectivity index (χ1) is 15.7. The Balaban J connectivity index is 1.44. The molecular weight excluding hydrogens is 440 g/mol. The van der Waals surface area contributed by atoms with Crippen LogP contribution in [-0.2, 0) is 0 Å². The number of hydrogen-bond donors (Lipinski definition) is 2. The lowest BCUT2D eigenvalue weighted by atomic mass is 10.0. The SMILES string of the molecule is O=C(NCC(NC(=O)c1cncc2sccc12)c1ccc2ccccc2c1)c1cncs1. The van der Waals surface area contributed by atoms with E-state index in [1.807, 2.05) is 53.9 Å². The highest BCUT2D eigenvalue weighted by Crippen LogP contribution is 2.25. The number of nitrogens with zero attached hydrogens (tertiary/aromatic N) is 2. The van der Waals surface area contributed by atoms with Gasteiger partial charge in [-0.05, 0) is 33.8 Å². The maximum absolute atomic E-state index is 13.2. The minimum atomic E-state index is -0.419. The molecule has 0 radical (unpaired) electrons. The van der Waals surface area contributed by atoms with Gasteiger partial charge < -0.3 is 10.6 Å². The van der Waals surface area contributed by atoms with Crippen LogP contribution in [-0.4, -0.2) is 28.3 Å². The van der Waals surface area contributed by atoms with E-state index in [1.165, 1.54) is 17.5 Å². The fourth-order valence-electron chi connectivity index (χ4n) is 3.60. The van der Waals surface area contributed by atoms with Crippen LogP contribution in [0, 0.1) is 0 Å². The van der Waals surface area contributed by atoms with E-state index in [9.17, 15) is 9.59 Å². The molecule has 1 unspecified atom stereocenters. The summed E-state index contributed by atoms with van der Waals surface area (Å²) in [4.78, 5) is 34.4. The summed E-state index contributed by atoms with van der Waals surface area (Å²) in [7, 11) is 0. The van der Waals surface area contributed by atoms with E-state index in [-0.39, 0.29) is 18.4 Å². The van der Waals surface area contributed by atoms with Gasteiger partial charge in [-0.15, -0.1) is 22.7 Å². The van der Waals surface area contributed by atoms with Crippen LogP contribution in [0.1, 0.15) is 31.6 Å². The molecule has 0 saturated carbocycles. The maximum atomic E-state index is 13.2. The first-order valence-electron chi connectivity index (χ1n) is 9.96. The summed E-state index contributed by atoms with van der Waals surface area (Å²) in [6, 6.07) is 15.6. The zero-order valence-corrected chi connectivity index (χ0v) is 18.5. The van der Waals surface area contributed by atoms with Crippen LogP contribution in [0.15, 0.2) is 78.0 Å². The quantitative estimate of drug-likeness (QED) is 0.383. The van der Waals surface area contributed by atoms with E-state index < -0.39 is 6.04 Å². The fraction of sp³-hybridized carbons (Fsp3) is 0.0833. The molecule has 0 aliphatic carbocycles. The largest absolute Gasteiger partial charge is 0.349 e.